The number of ether oxygens (including phenoxy) is 1. The van der Waals surface area contributed by atoms with Gasteiger partial charge in [-0.05, 0) is 43.4 Å². The van der Waals surface area contributed by atoms with E-state index in [2.05, 4.69) is 16.0 Å². The first-order chi connectivity index (χ1) is 14.2. The molecule has 4 aromatic rings. The summed E-state index contributed by atoms with van der Waals surface area (Å²) in [4.78, 5) is 22.1. The summed E-state index contributed by atoms with van der Waals surface area (Å²) in [6.45, 7) is 0. The normalized spacial score (nSPS) is 14.1. The van der Waals surface area contributed by atoms with E-state index >= 15 is 0 Å². The van der Waals surface area contributed by atoms with Gasteiger partial charge >= 0.3 is 0 Å². The van der Waals surface area contributed by atoms with Crippen molar-refractivity contribution in [2.24, 2.45) is 0 Å². The van der Waals surface area contributed by atoms with Crippen molar-refractivity contribution in [2.75, 3.05) is 7.11 Å². The van der Waals surface area contributed by atoms with E-state index in [4.69, 9.17) is 9.15 Å². The van der Waals surface area contributed by atoms with Gasteiger partial charge in [0, 0.05) is 16.3 Å². The quantitative estimate of drug-likeness (QED) is 0.501. The maximum Gasteiger partial charge on any atom is 0.260 e. The molecule has 5 rings (SSSR count). The van der Waals surface area contributed by atoms with Crippen LogP contribution >= 0.6 is 11.3 Å². The van der Waals surface area contributed by atoms with Gasteiger partial charge in [0.05, 0.1) is 18.1 Å². The predicted molar refractivity (Wildman–Crippen MR) is 113 cm³/mol. The number of H-pyrrole nitrogens is 1. The first-order valence-corrected chi connectivity index (χ1v) is 10.2. The number of hydrogen-bond acceptors (Lipinski definition) is 6. The lowest BCUT2D eigenvalue weighted by Gasteiger charge is -2.09. The molecule has 3 aromatic heterocycles. The van der Waals surface area contributed by atoms with Crippen molar-refractivity contribution in [1.82, 2.24) is 9.97 Å². The van der Waals surface area contributed by atoms with Crippen LogP contribution in [0.3, 0.4) is 0 Å². The van der Waals surface area contributed by atoms with Crippen LogP contribution < -0.4 is 10.3 Å². The Morgan fingerprint density at radius 3 is 3.07 bits per heavy atom. The van der Waals surface area contributed by atoms with Crippen LogP contribution in [-0.4, -0.2) is 17.1 Å². The van der Waals surface area contributed by atoms with E-state index < -0.39 is 0 Å². The summed E-state index contributed by atoms with van der Waals surface area (Å²) < 4.78 is 11.2. The van der Waals surface area contributed by atoms with Gasteiger partial charge in [-0.2, -0.15) is 5.26 Å². The fourth-order valence-electron chi connectivity index (χ4n) is 3.88. The van der Waals surface area contributed by atoms with Crippen molar-refractivity contribution < 1.29 is 9.15 Å². The molecule has 0 radical (unpaired) electrons. The van der Waals surface area contributed by atoms with Gasteiger partial charge in [-0.15, -0.1) is 11.3 Å². The maximum atomic E-state index is 12.8. The molecule has 0 unspecified atom stereocenters. The van der Waals surface area contributed by atoms with E-state index in [9.17, 15) is 10.1 Å². The fourth-order valence-corrected chi connectivity index (χ4v) is 5.14. The van der Waals surface area contributed by atoms with Crippen molar-refractivity contribution in [3.63, 3.8) is 0 Å². The molecule has 3 heterocycles. The molecule has 1 aromatic carbocycles. The second-order valence-corrected chi connectivity index (χ2v) is 8.09. The summed E-state index contributed by atoms with van der Waals surface area (Å²) in [5.41, 5.74) is 1.80. The number of fused-ring (bicyclic) bond motifs is 4. The number of rotatable bonds is 3. The zero-order valence-corrected chi connectivity index (χ0v) is 16.6. The molecule has 0 aliphatic heterocycles. The highest BCUT2D eigenvalue weighted by molar-refractivity contribution is 7.18. The summed E-state index contributed by atoms with van der Waals surface area (Å²) in [7, 11) is 1.58. The number of furan rings is 1. The third-order valence-corrected chi connectivity index (χ3v) is 6.42. The van der Waals surface area contributed by atoms with Gasteiger partial charge in [-0.25, -0.2) is 4.98 Å². The van der Waals surface area contributed by atoms with Crippen LogP contribution in [0.2, 0.25) is 0 Å². The average Bonchev–Trinajstić information content (AvgIpc) is 3.32. The Morgan fingerprint density at radius 2 is 2.24 bits per heavy atom. The molecular weight excluding hydrogens is 386 g/mol. The molecule has 0 saturated carbocycles. The van der Waals surface area contributed by atoms with Crippen molar-refractivity contribution in [1.29, 1.82) is 5.26 Å². The second kappa shape index (κ2) is 6.90. The minimum Gasteiger partial charge on any atom is -0.493 e. The molecule has 0 saturated heterocycles. The van der Waals surface area contributed by atoms with Crippen molar-refractivity contribution in [2.45, 2.75) is 25.7 Å². The number of allylic oxidation sites excluding steroid dienone is 1. The van der Waals surface area contributed by atoms with Gasteiger partial charge in [0.25, 0.3) is 5.56 Å². The lowest BCUT2D eigenvalue weighted by atomic mass is 9.97. The molecule has 0 amide bonds. The Morgan fingerprint density at radius 1 is 1.38 bits per heavy atom. The molecule has 1 N–H and O–H groups in total. The first-order valence-electron chi connectivity index (χ1n) is 9.41. The number of nitrogens with one attached hydrogen (secondary N) is 1. The van der Waals surface area contributed by atoms with E-state index in [1.807, 2.05) is 24.3 Å². The van der Waals surface area contributed by atoms with E-state index in [1.165, 1.54) is 4.88 Å². The number of aromatic amines is 1. The molecule has 6 nitrogen and oxygen atoms in total. The minimum atomic E-state index is -0.183. The number of para-hydroxylation sites is 1. The van der Waals surface area contributed by atoms with Crippen LogP contribution in [0, 0.1) is 11.3 Å². The van der Waals surface area contributed by atoms with Gasteiger partial charge < -0.3 is 14.1 Å². The SMILES string of the molecule is COc1cccc2cc(/C=C(\C#N)c3nc4sc5c(c4c(=O)[nH]3)CCCC5)oc12. The summed E-state index contributed by atoms with van der Waals surface area (Å²) in [5, 5.41) is 11.2. The third-order valence-electron chi connectivity index (χ3n) is 5.23. The number of hydrogen-bond donors (Lipinski definition) is 1. The third kappa shape index (κ3) is 2.93. The molecule has 144 valence electrons. The van der Waals surface area contributed by atoms with Gasteiger partial charge in [-0.3, -0.25) is 4.79 Å². The Hall–Kier alpha value is -3.37. The van der Waals surface area contributed by atoms with Crippen LogP contribution in [0.1, 0.15) is 34.9 Å². The zero-order chi connectivity index (χ0) is 20.0. The Labute approximate surface area is 170 Å². The average molecular weight is 403 g/mol. The molecule has 0 fully saturated rings. The molecule has 29 heavy (non-hydrogen) atoms. The number of nitrogens with zero attached hydrogens (tertiary/aromatic N) is 2. The van der Waals surface area contributed by atoms with Gasteiger partial charge in [-0.1, -0.05) is 12.1 Å². The lowest BCUT2D eigenvalue weighted by Crippen LogP contribution is -2.12. The van der Waals surface area contributed by atoms with E-state index in [0.29, 0.717) is 27.3 Å². The second-order valence-electron chi connectivity index (χ2n) is 7.00. The monoisotopic (exact) mass is 403 g/mol. The summed E-state index contributed by atoms with van der Waals surface area (Å²) in [6.07, 6.45) is 5.74. The topological polar surface area (TPSA) is 91.9 Å². The van der Waals surface area contributed by atoms with Crippen molar-refractivity contribution in [3.8, 4) is 11.8 Å². The van der Waals surface area contributed by atoms with Crippen LogP contribution in [0.25, 0.3) is 32.8 Å². The first kappa shape index (κ1) is 17.7. The number of benzene rings is 1. The minimum absolute atomic E-state index is 0.183. The Bertz CT molecular complexity index is 1380. The summed E-state index contributed by atoms with van der Waals surface area (Å²) >= 11 is 1.56. The standard InChI is InChI=1S/C22H17N3O3S/c1-27-16-7-4-5-12-9-14(28-19(12)16)10-13(11-23)20-24-21(26)18-15-6-2-3-8-17(15)29-22(18)25-20/h4-5,7,9-10H,2-3,6,8H2,1H3,(H,24,25,26)/b13-10+. The molecule has 1 aliphatic rings. The molecular formula is C22H17N3O3S. The van der Waals surface area contributed by atoms with Crippen LogP contribution in [0.5, 0.6) is 5.75 Å². The number of aryl methyl sites for hydroxylation is 2. The smallest absolute Gasteiger partial charge is 0.260 e. The molecule has 0 atom stereocenters. The van der Waals surface area contributed by atoms with Crippen molar-refractivity contribution >= 4 is 44.2 Å². The maximum absolute atomic E-state index is 12.8. The largest absolute Gasteiger partial charge is 0.493 e. The van der Waals surface area contributed by atoms with Crippen LogP contribution in [0.15, 0.2) is 33.5 Å². The van der Waals surface area contributed by atoms with Crippen LogP contribution in [-0.2, 0) is 12.8 Å². The number of methoxy groups -OCH3 is 1. The van der Waals surface area contributed by atoms with E-state index in [-0.39, 0.29) is 17.0 Å². The van der Waals surface area contributed by atoms with E-state index in [0.717, 1.165) is 36.6 Å². The lowest BCUT2D eigenvalue weighted by molar-refractivity contribution is 0.410. The van der Waals surface area contributed by atoms with Gasteiger partial charge in [0.15, 0.2) is 17.2 Å². The fraction of sp³-hybridized carbons (Fsp3) is 0.227. The Kier molecular flexibility index (Phi) is 4.22. The molecule has 0 bridgehead atoms. The van der Waals surface area contributed by atoms with Gasteiger partial charge in [0.2, 0.25) is 0 Å². The zero-order valence-electron chi connectivity index (χ0n) is 15.7. The summed E-state index contributed by atoms with van der Waals surface area (Å²) in [5.74, 6) is 1.38. The van der Waals surface area contributed by atoms with E-state index in [1.54, 1.807) is 24.5 Å². The van der Waals surface area contributed by atoms with Gasteiger partial charge in [0.1, 0.15) is 16.7 Å². The molecule has 7 heteroatoms. The predicted octanol–water partition coefficient (Wildman–Crippen LogP) is 4.68. The number of nitriles is 1. The summed E-state index contributed by atoms with van der Waals surface area (Å²) in [6, 6.07) is 9.57. The van der Waals surface area contributed by atoms with Crippen LogP contribution in [0.4, 0.5) is 0 Å². The number of thiophene rings is 1. The highest BCUT2D eigenvalue weighted by Gasteiger charge is 2.20. The highest BCUT2D eigenvalue weighted by atomic mass is 32.1. The van der Waals surface area contributed by atoms with Crippen molar-refractivity contribution in [3.05, 3.63) is 56.6 Å². The molecule has 1 aliphatic carbocycles. The Balaban J connectivity index is 1.63. The molecule has 0 spiro atoms. The highest BCUT2D eigenvalue weighted by Crippen LogP contribution is 2.34. The number of aromatic nitrogens is 2.